The summed E-state index contributed by atoms with van der Waals surface area (Å²) in [6.45, 7) is 10.00. The number of hydrogen-bond acceptors (Lipinski definition) is 5. The predicted molar refractivity (Wildman–Crippen MR) is 165 cm³/mol. The Labute approximate surface area is 250 Å². The zero-order valence-corrected chi connectivity index (χ0v) is 25.3. The first-order chi connectivity index (χ1) is 19.9. The van der Waals surface area contributed by atoms with Crippen molar-refractivity contribution in [1.82, 2.24) is 25.8 Å². The molecule has 2 atom stereocenters. The molecule has 8 heteroatoms. The summed E-state index contributed by atoms with van der Waals surface area (Å²) in [7, 11) is 0. The monoisotopic (exact) mass is 579 g/mol. The Kier molecular flexibility index (Phi) is 10.4. The average molecular weight is 580 g/mol. The lowest BCUT2D eigenvalue weighted by atomic mass is 9.94. The van der Waals surface area contributed by atoms with E-state index in [0.717, 1.165) is 51.1 Å². The maximum absolute atomic E-state index is 14.0. The minimum absolute atomic E-state index is 0.0141. The standard InChI is InChI=1S/C33H46ClN5O2/c1-23(2)22-39(28-11-15-35-16-12-28)29-13-17-38(18-14-29)33(41)31(19-24-7-9-27(34)10-8-24)37-32(40)30-20-25-5-3-4-6-26(25)21-36-30/h3-10,23,28-31,35-36H,11-22H2,1-2H3,(H,37,40)/t30-,31-/m1/s1. The van der Waals surface area contributed by atoms with Gasteiger partial charge in [0, 0.05) is 49.7 Å². The van der Waals surface area contributed by atoms with Crippen LogP contribution in [0.5, 0.6) is 0 Å². The molecule has 0 aromatic heterocycles. The fraction of sp³-hybridized carbons (Fsp3) is 0.576. The molecule has 0 unspecified atom stereocenters. The first-order valence-corrected chi connectivity index (χ1v) is 15.9. The molecular weight excluding hydrogens is 534 g/mol. The maximum atomic E-state index is 14.0. The van der Waals surface area contributed by atoms with Crippen molar-refractivity contribution in [3.8, 4) is 0 Å². The van der Waals surface area contributed by atoms with Crippen LogP contribution in [-0.4, -0.2) is 78.5 Å². The van der Waals surface area contributed by atoms with Crippen molar-refractivity contribution in [3.05, 3.63) is 70.2 Å². The number of rotatable bonds is 9. The largest absolute Gasteiger partial charge is 0.343 e. The van der Waals surface area contributed by atoms with Crippen LogP contribution in [0.4, 0.5) is 0 Å². The molecule has 2 fully saturated rings. The molecule has 222 valence electrons. The van der Waals surface area contributed by atoms with Gasteiger partial charge in [-0.1, -0.05) is 61.8 Å². The van der Waals surface area contributed by atoms with Crippen LogP contribution in [0.1, 0.15) is 56.2 Å². The van der Waals surface area contributed by atoms with Gasteiger partial charge in [-0.05, 0) is 79.9 Å². The molecular formula is C33H46ClN5O2. The Balaban J connectivity index is 1.25. The topological polar surface area (TPSA) is 76.7 Å². The molecule has 3 aliphatic heterocycles. The van der Waals surface area contributed by atoms with Crippen molar-refractivity contribution in [2.45, 2.75) is 83.1 Å². The first-order valence-electron chi connectivity index (χ1n) is 15.5. The van der Waals surface area contributed by atoms with E-state index in [1.54, 1.807) is 0 Å². The van der Waals surface area contributed by atoms with Gasteiger partial charge in [-0.15, -0.1) is 0 Å². The Morgan fingerprint density at radius 2 is 1.63 bits per heavy atom. The fourth-order valence-electron chi connectivity index (χ4n) is 6.76. The van der Waals surface area contributed by atoms with E-state index in [2.05, 4.69) is 46.8 Å². The van der Waals surface area contributed by atoms with Crippen LogP contribution in [0.15, 0.2) is 48.5 Å². The summed E-state index contributed by atoms with van der Waals surface area (Å²) >= 11 is 6.13. The molecule has 0 aliphatic carbocycles. The van der Waals surface area contributed by atoms with Gasteiger partial charge in [0.2, 0.25) is 11.8 Å². The maximum Gasteiger partial charge on any atom is 0.245 e. The summed E-state index contributed by atoms with van der Waals surface area (Å²) in [6.07, 6.45) is 5.41. The van der Waals surface area contributed by atoms with E-state index in [-0.39, 0.29) is 17.9 Å². The van der Waals surface area contributed by atoms with Crippen molar-refractivity contribution in [1.29, 1.82) is 0 Å². The predicted octanol–water partition coefficient (Wildman–Crippen LogP) is 3.78. The Morgan fingerprint density at radius 1 is 0.976 bits per heavy atom. The van der Waals surface area contributed by atoms with E-state index < -0.39 is 6.04 Å². The van der Waals surface area contributed by atoms with Crippen LogP contribution < -0.4 is 16.0 Å². The molecule has 2 amide bonds. The second-order valence-electron chi connectivity index (χ2n) is 12.4. The highest BCUT2D eigenvalue weighted by atomic mass is 35.5. The third kappa shape index (κ3) is 7.89. The van der Waals surface area contributed by atoms with Crippen LogP contribution in [0.3, 0.4) is 0 Å². The van der Waals surface area contributed by atoms with E-state index in [4.69, 9.17) is 11.6 Å². The lowest BCUT2D eigenvalue weighted by molar-refractivity contribution is -0.138. The summed E-state index contributed by atoms with van der Waals surface area (Å²) in [5, 5.41) is 10.7. The molecule has 3 aliphatic rings. The Hall–Kier alpha value is -2.45. The molecule has 7 nitrogen and oxygen atoms in total. The molecule has 2 aromatic rings. The molecule has 0 radical (unpaired) electrons. The highest BCUT2D eigenvalue weighted by Gasteiger charge is 2.35. The summed E-state index contributed by atoms with van der Waals surface area (Å²) in [4.78, 5) is 32.2. The normalized spacial score (nSPS) is 21.1. The highest BCUT2D eigenvalue weighted by molar-refractivity contribution is 6.30. The van der Waals surface area contributed by atoms with Crippen molar-refractivity contribution in [2.75, 3.05) is 32.7 Å². The van der Waals surface area contributed by atoms with Gasteiger partial charge in [0.25, 0.3) is 0 Å². The van der Waals surface area contributed by atoms with E-state index in [1.807, 2.05) is 41.3 Å². The summed E-state index contributed by atoms with van der Waals surface area (Å²) in [6, 6.07) is 16.0. The molecule has 41 heavy (non-hydrogen) atoms. The third-order valence-corrected chi connectivity index (χ3v) is 9.22. The van der Waals surface area contributed by atoms with Crippen molar-refractivity contribution in [2.24, 2.45) is 5.92 Å². The van der Waals surface area contributed by atoms with Crippen LogP contribution in [0, 0.1) is 5.92 Å². The van der Waals surface area contributed by atoms with Gasteiger partial charge in [-0.3, -0.25) is 14.5 Å². The number of piperidine rings is 2. The molecule has 2 saturated heterocycles. The van der Waals surface area contributed by atoms with Gasteiger partial charge in [0.05, 0.1) is 6.04 Å². The second-order valence-corrected chi connectivity index (χ2v) is 12.9. The molecule has 0 saturated carbocycles. The lowest BCUT2D eigenvalue weighted by Crippen LogP contribution is -2.58. The number of nitrogens with one attached hydrogen (secondary N) is 3. The van der Waals surface area contributed by atoms with Crippen LogP contribution in [-0.2, 0) is 29.0 Å². The lowest BCUT2D eigenvalue weighted by Gasteiger charge is -2.45. The number of fused-ring (bicyclic) bond motifs is 1. The number of nitrogens with zero attached hydrogens (tertiary/aromatic N) is 2. The van der Waals surface area contributed by atoms with Crippen molar-refractivity contribution in [3.63, 3.8) is 0 Å². The van der Waals surface area contributed by atoms with E-state index in [0.29, 0.717) is 42.4 Å². The highest BCUT2D eigenvalue weighted by Crippen LogP contribution is 2.25. The van der Waals surface area contributed by atoms with Crippen LogP contribution >= 0.6 is 11.6 Å². The number of carbonyl (C=O) groups excluding carboxylic acids is 2. The van der Waals surface area contributed by atoms with Crippen molar-refractivity contribution >= 4 is 23.4 Å². The fourth-order valence-corrected chi connectivity index (χ4v) is 6.89. The second kappa shape index (κ2) is 14.1. The first kappa shape index (κ1) is 30.0. The van der Waals surface area contributed by atoms with Crippen LogP contribution in [0.2, 0.25) is 5.02 Å². The van der Waals surface area contributed by atoms with Gasteiger partial charge in [-0.25, -0.2) is 0 Å². The molecule has 0 spiro atoms. The van der Waals surface area contributed by atoms with Gasteiger partial charge >= 0.3 is 0 Å². The van der Waals surface area contributed by atoms with Crippen molar-refractivity contribution < 1.29 is 9.59 Å². The van der Waals surface area contributed by atoms with Crippen LogP contribution in [0.25, 0.3) is 0 Å². The summed E-state index contributed by atoms with van der Waals surface area (Å²) < 4.78 is 0. The summed E-state index contributed by atoms with van der Waals surface area (Å²) in [5.41, 5.74) is 3.40. The number of amides is 2. The van der Waals surface area contributed by atoms with E-state index >= 15 is 0 Å². The number of benzene rings is 2. The number of carbonyl (C=O) groups is 2. The van der Waals surface area contributed by atoms with E-state index in [9.17, 15) is 9.59 Å². The minimum atomic E-state index is -0.615. The third-order valence-electron chi connectivity index (χ3n) is 8.96. The van der Waals surface area contributed by atoms with Gasteiger partial charge in [0.15, 0.2) is 0 Å². The average Bonchev–Trinajstić information content (AvgIpc) is 3.00. The number of halogens is 1. The quantitative estimate of drug-likeness (QED) is 0.421. The van der Waals surface area contributed by atoms with Gasteiger partial charge in [-0.2, -0.15) is 0 Å². The zero-order valence-electron chi connectivity index (χ0n) is 24.6. The van der Waals surface area contributed by atoms with Gasteiger partial charge < -0.3 is 20.9 Å². The number of likely N-dealkylation sites (tertiary alicyclic amines) is 1. The van der Waals surface area contributed by atoms with E-state index in [1.165, 1.54) is 24.0 Å². The molecule has 0 bridgehead atoms. The molecule has 3 heterocycles. The Bertz CT molecular complexity index is 1160. The molecule has 2 aromatic carbocycles. The summed E-state index contributed by atoms with van der Waals surface area (Å²) in [5.74, 6) is 0.514. The molecule has 3 N–H and O–H groups in total. The smallest absolute Gasteiger partial charge is 0.245 e. The molecule has 5 rings (SSSR count). The SMILES string of the molecule is CC(C)CN(C1CCNCC1)C1CCN(C(=O)[C@@H](Cc2ccc(Cl)cc2)NC(=O)[C@H]2Cc3ccccc3CN2)CC1. The minimum Gasteiger partial charge on any atom is -0.343 e. The number of hydrogen-bond donors (Lipinski definition) is 3. The Morgan fingerprint density at radius 3 is 2.32 bits per heavy atom. The van der Waals surface area contributed by atoms with Gasteiger partial charge in [0.1, 0.15) is 6.04 Å². The zero-order chi connectivity index (χ0) is 28.8.